The van der Waals surface area contributed by atoms with Crippen molar-refractivity contribution in [1.29, 1.82) is 5.26 Å². The van der Waals surface area contributed by atoms with Crippen molar-refractivity contribution in [3.8, 4) is 6.07 Å². The SMILES string of the molecule is Cc1cccc(NC(=O)c2cc(N)c[nH]2)c1C#N. The number of aryl methyl sites for hydroxylation is 1. The molecule has 1 aromatic carbocycles. The molecule has 0 spiro atoms. The normalized spacial score (nSPS) is 9.78. The number of nitrogen functional groups attached to an aromatic ring is 1. The van der Waals surface area contributed by atoms with Crippen LogP contribution in [-0.2, 0) is 0 Å². The minimum absolute atomic E-state index is 0.325. The number of H-pyrrole nitrogens is 1. The van der Waals surface area contributed by atoms with Crippen LogP contribution in [0.3, 0.4) is 0 Å². The standard InChI is InChI=1S/C13H12N4O/c1-8-3-2-4-11(10(8)6-14)17-13(18)12-5-9(15)7-16-12/h2-5,7,16H,15H2,1H3,(H,17,18). The Balaban J connectivity index is 2.28. The van der Waals surface area contributed by atoms with Crippen LogP contribution in [-0.4, -0.2) is 10.9 Å². The molecule has 0 unspecified atom stereocenters. The van der Waals surface area contributed by atoms with E-state index in [0.29, 0.717) is 22.6 Å². The van der Waals surface area contributed by atoms with E-state index in [9.17, 15) is 4.79 Å². The second kappa shape index (κ2) is 4.63. The van der Waals surface area contributed by atoms with Gasteiger partial charge in [-0.05, 0) is 24.6 Å². The van der Waals surface area contributed by atoms with E-state index in [-0.39, 0.29) is 5.91 Å². The number of nitrogens with two attached hydrogens (primary N) is 1. The van der Waals surface area contributed by atoms with Gasteiger partial charge in [0, 0.05) is 11.9 Å². The summed E-state index contributed by atoms with van der Waals surface area (Å²) < 4.78 is 0. The lowest BCUT2D eigenvalue weighted by molar-refractivity contribution is 0.102. The number of aromatic nitrogens is 1. The molecule has 4 N–H and O–H groups in total. The molecule has 0 bridgehead atoms. The Labute approximate surface area is 104 Å². The second-order valence-electron chi connectivity index (χ2n) is 3.91. The van der Waals surface area contributed by atoms with E-state index in [1.807, 2.05) is 13.0 Å². The first kappa shape index (κ1) is 11.7. The lowest BCUT2D eigenvalue weighted by Crippen LogP contribution is -2.13. The van der Waals surface area contributed by atoms with Gasteiger partial charge in [0.05, 0.1) is 11.3 Å². The molecule has 1 aromatic heterocycles. The third kappa shape index (κ3) is 2.18. The van der Waals surface area contributed by atoms with Crippen LogP contribution >= 0.6 is 0 Å². The van der Waals surface area contributed by atoms with E-state index in [2.05, 4.69) is 16.4 Å². The van der Waals surface area contributed by atoms with Gasteiger partial charge in [-0.1, -0.05) is 12.1 Å². The molecule has 5 nitrogen and oxygen atoms in total. The van der Waals surface area contributed by atoms with Gasteiger partial charge >= 0.3 is 0 Å². The van der Waals surface area contributed by atoms with Gasteiger partial charge in [0.2, 0.25) is 0 Å². The fraction of sp³-hybridized carbons (Fsp3) is 0.0769. The maximum atomic E-state index is 11.9. The molecule has 0 aliphatic carbocycles. The van der Waals surface area contributed by atoms with E-state index >= 15 is 0 Å². The molecule has 1 amide bonds. The number of aromatic amines is 1. The van der Waals surface area contributed by atoms with Crippen molar-refractivity contribution in [2.75, 3.05) is 11.1 Å². The lowest BCUT2D eigenvalue weighted by Gasteiger charge is -2.07. The molecule has 5 heteroatoms. The number of benzene rings is 1. The monoisotopic (exact) mass is 240 g/mol. The summed E-state index contributed by atoms with van der Waals surface area (Å²) in [6.45, 7) is 1.82. The number of carbonyl (C=O) groups excluding carboxylic acids is 1. The summed E-state index contributed by atoms with van der Waals surface area (Å²) in [5.41, 5.74) is 8.16. The summed E-state index contributed by atoms with van der Waals surface area (Å²) in [7, 11) is 0. The van der Waals surface area contributed by atoms with E-state index in [0.717, 1.165) is 5.56 Å². The predicted octanol–water partition coefficient (Wildman–Crippen LogP) is 2.03. The first-order valence-electron chi connectivity index (χ1n) is 5.37. The highest BCUT2D eigenvalue weighted by atomic mass is 16.1. The van der Waals surface area contributed by atoms with Gasteiger partial charge in [-0.15, -0.1) is 0 Å². The zero-order valence-corrected chi connectivity index (χ0v) is 9.82. The second-order valence-corrected chi connectivity index (χ2v) is 3.91. The van der Waals surface area contributed by atoms with Crippen LogP contribution < -0.4 is 11.1 Å². The van der Waals surface area contributed by atoms with E-state index < -0.39 is 0 Å². The zero-order valence-electron chi connectivity index (χ0n) is 9.82. The minimum atomic E-state index is -0.325. The topological polar surface area (TPSA) is 94.7 Å². The van der Waals surface area contributed by atoms with Gasteiger partial charge in [-0.2, -0.15) is 5.26 Å². The van der Waals surface area contributed by atoms with Crippen molar-refractivity contribution in [3.63, 3.8) is 0 Å². The van der Waals surface area contributed by atoms with E-state index in [1.54, 1.807) is 12.1 Å². The number of rotatable bonds is 2. The average Bonchev–Trinajstić information content (AvgIpc) is 2.76. The van der Waals surface area contributed by atoms with Crippen molar-refractivity contribution in [3.05, 3.63) is 47.3 Å². The van der Waals surface area contributed by atoms with Gasteiger partial charge in [0.25, 0.3) is 5.91 Å². The third-order valence-electron chi connectivity index (χ3n) is 2.58. The smallest absolute Gasteiger partial charge is 0.272 e. The molecule has 2 aromatic rings. The molecule has 0 saturated heterocycles. The van der Waals surface area contributed by atoms with Crippen LogP contribution in [0.15, 0.2) is 30.5 Å². The summed E-state index contributed by atoms with van der Waals surface area (Å²) in [5, 5.41) is 11.7. The maximum absolute atomic E-state index is 11.9. The minimum Gasteiger partial charge on any atom is -0.397 e. The van der Waals surface area contributed by atoms with Crippen LogP contribution in [0.4, 0.5) is 11.4 Å². The highest BCUT2D eigenvalue weighted by Crippen LogP contribution is 2.19. The van der Waals surface area contributed by atoms with Crippen molar-refractivity contribution >= 4 is 17.3 Å². The molecule has 0 atom stereocenters. The Morgan fingerprint density at radius 1 is 1.50 bits per heavy atom. The highest BCUT2D eigenvalue weighted by molar-refractivity contribution is 6.04. The van der Waals surface area contributed by atoms with Crippen molar-refractivity contribution < 1.29 is 4.79 Å². The lowest BCUT2D eigenvalue weighted by atomic mass is 10.1. The van der Waals surface area contributed by atoms with Crippen molar-refractivity contribution in [1.82, 2.24) is 4.98 Å². The van der Waals surface area contributed by atoms with Gasteiger partial charge < -0.3 is 16.0 Å². The molecule has 0 aliphatic heterocycles. The Kier molecular flexibility index (Phi) is 3.02. The van der Waals surface area contributed by atoms with Gasteiger partial charge in [-0.25, -0.2) is 0 Å². The number of hydrogen-bond donors (Lipinski definition) is 3. The van der Waals surface area contributed by atoms with Crippen LogP contribution in [0, 0.1) is 18.3 Å². The number of carbonyl (C=O) groups is 1. The molecule has 18 heavy (non-hydrogen) atoms. The maximum Gasteiger partial charge on any atom is 0.272 e. The predicted molar refractivity (Wildman–Crippen MR) is 69.1 cm³/mol. The molecular formula is C13H12N4O. The molecule has 0 fully saturated rings. The van der Waals surface area contributed by atoms with Gasteiger partial charge in [0.1, 0.15) is 11.8 Å². The first-order valence-corrected chi connectivity index (χ1v) is 5.37. The molecular weight excluding hydrogens is 228 g/mol. The molecule has 0 aliphatic rings. The largest absolute Gasteiger partial charge is 0.397 e. The van der Waals surface area contributed by atoms with Crippen LogP contribution in [0.5, 0.6) is 0 Å². The Morgan fingerprint density at radius 2 is 2.28 bits per heavy atom. The van der Waals surface area contributed by atoms with Crippen LogP contribution in [0.25, 0.3) is 0 Å². The van der Waals surface area contributed by atoms with Crippen molar-refractivity contribution in [2.24, 2.45) is 0 Å². The number of amides is 1. The molecule has 0 radical (unpaired) electrons. The average molecular weight is 240 g/mol. The third-order valence-corrected chi connectivity index (χ3v) is 2.58. The Bertz CT molecular complexity index is 637. The highest BCUT2D eigenvalue weighted by Gasteiger charge is 2.11. The molecule has 90 valence electrons. The molecule has 1 heterocycles. The van der Waals surface area contributed by atoms with E-state index in [1.165, 1.54) is 12.3 Å². The summed E-state index contributed by atoms with van der Waals surface area (Å²) in [6, 6.07) is 8.91. The summed E-state index contributed by atoms with van der Waals surface area (Å²) in [4.78, 5) is 14.7. The van der Waals surface area contributed by atoms with Gasteiger partial charge in [-0.3, -0.25) is 4.79 Å². The van der Waals surface area contributed by atoms with Crippen LogP contribution in [0.1, 0.15) is 21.6 Å². The number of nitriles is 1. The summed E-state index contributed by atoms with van der Waals surface area (Å²) in [5.74, 6) is -0.325. The summed E-state index contributed by atoms with van der Waals surface area (Å²) in [6.07, 6.45) is 1.54. The first-order chi connectivity index (χ1) is 8.61. The zero-order chi connectivity index (χ0) is 13.1. The molecule has 2 rings (SSSR count). The number of anilines is 2. The Hall–Kier alpha value is -2.74. The van der Waals surface area contributed by atoms with E-state index in [4.69, 9.17) is 11.0 Å². The van der Waals surface area contributed by atoms with Crippen molar-refractivity contribution in [2.45, 2.75) is 6.92 Å². The quantitative estimate of drug-likeness (QED) is 0.749. The van der Waals surface area contributed by atoms with Gasteiger partial charge in [0.15, 0.2) is 0 Å². The fourth-order valence-corrected chi connectivity index (χ4v) is 1.65. The molecule has 0 saturated carbocycles. The number of hydrogen-bond acceptors (Lipinski definition) is 3. The summed E-state index contributed by atoms with van der Waals surface area (Å²) >= 11 is 0. The van der Waals surface area contributed by atoms with Crippen LogP contribution in [0.2, 0.25) is 0 Å². The Morgan fingerprint density at radius 3 is 2.89 bits per heavy atom. The number of nitrogens with zero attached hydrogens (tertiary/aromatic N) is 1. The fourth-order valence-electron chi connectivity index (χ4n) is 1.65. The number of nitrogens with one attached hydrogen (secondary N) is 2.